The summed E-state index contributed by atoms with van der Waals surface area (Å²) in [5, 5.41) is 0. The number of benzene rings is 3. The molecule has 0 saturated carbocycles. The maximum absolute atomic E-state index is 13.6. The highest BCUT2D eigenvalue weighted by Gasteiger charge is 2.21. The second-order valence-corrected chi connectivity index (χ2v) is 7.00. The van der Waals surface area contributed by atoms with Crippen LogP contribution in [0.5, 0.6) is 11.5 Å². The topological polar surface area (TPSA) is 38.8 Å². The fourth-order valence-electron chi connectivity index (χ4n) is 3.18. The molecule has 30 heavy (non-hydrogen) atoms. The van der Waals surface area contributed by atoms with Crippen LogP contribution in [0.25, 0.3) is 0 Å². The van der Waals surface area contributed by atoms with Gasteiger partial charge in [0.15, 0.2) is 0 Å². The third kappa shape index (κ3) is 5.63. The van der Waals surface area contributed by atoms with E-state index in [1.165, 1.54) is 0 Å². The van der Waals surface area contributed by atoms with E-state index in [1.54, 1.807) is 4.90 Å². The summed E-state index contributed by atoms with van der Waals surface area (Å²) >= 11 is 0. The van der Waals surface area contributed by atoms with E-state index in [4.69, 9.17) is 9.47 Å². The van der Waals surface area contributed by atoms with Crippen LogP contribution in [0.15, 0.2) is 78.9 Å². The van der Waals surface area contributed by atoms with Crippen molar-refractivity contribution in [2.75, 3.05) is 18.1 Å². The van der Waals surface area contributed by atoms with Gasteiger partial charge in [-0.3, -0.25) is 4.79 Å². The van der Waals surface area contributed by atoms with Crippen LogP contribution in [0, 0.1) is 0 Å². The Bertz CT molecular complexity index is 923. The number of ether oxygens (including phenoxy) is 2. The van der Waals surface area contributed by atoms with E-state index in [9.17, 15) is 4.79 Å². The predicted octanol–water partition coefficient (Wildman–Crippen LogP) is 6.11. The molecule has 0 N–H and O–H groups in total. The van der Waals surface area contributed by atoms with Gasteiger partial charge in [-0.05, 0) is 55.3 Å². The van der Waals surface area contributed by atoms with E-state index in [2.05, 4.69) is 6.92 Å². The highest BCUT2D eigenvalue weighted by Crippen LogP contribution is 2.27. The molecular weight excluding hydrogens is 374 g/mol. The number of carbonyl (C=O) groups is 1. The molecule has 4 nitrogen and oxygen atoms in total. The summed E-state index contributed by atoms with van der Waals surface area (Å²) in [5.41, 5.74) is 2.44. The molecule has 3 aromatic rings. The smallest absolute Gasteiger partial charge is 0.262 e. The summed E-state index contributed by atoms with van der Waals surface area (Å²) in [6.07, 6.45) is 2.00. The Hall–Kier alpha value is -3.27. The molecule has 3 aromatic carbocycles. The van der Waals surface area contributed by atoms with Crippen molar-refractivity contribution >= 4 is 11.6 Å². The third-order valence-corrected chi connectivity index (χ3v) is 4.76. The lowest BCUT2D eigenvalue weighted by Gasteiger charge is -2.24. The standard InChI is InChI=1S/C26H29NO3/c1-3-5-19-30-25-14-10-9-13-24(25)26(28)27(20-21-11-7-6-8-12-21)22-15-17-23(18-16-22)29-4-2/h6-18H,3-5,19-20H2,1-2H3. The van der Waals surface area contributed by atoms with Crippen molar-refractivity contribution in [3.05, 3.63) is 90.0 Å². The Morgan fingerprint density at radius 1 is 0.833 bits per heavy atom. The maximum Gasteiger partial charge on any atom is 0.262 e. The van der Waals surface area contributed by atoms with Crippen LogP contribution in [0.3, 0.4) is 0 Å². The highest BCUT2D eigenvalue weighted by molar-refractivity contribution is 6.07. The number of rotatable bonds is 10. The van der Waals surface area contributed by atoms with E-state index in [0.29, 0.717) is 31.1 Å². The van der Waals surface area contributed by atoms with Crippen molar-refractivity contribution in [1.29, 1.82) is 0 Å². The van der Waals surface area contributed by atoms with Crippen molar-refractivity contribution in [1.82, 2.24) is 0 Å². The van der Waals surface area contributed by atoms with Crippen molar-refractivity contribution in [2.24, 2.45) is 0 Å². The number of hydrogen-bond donors (Lipinski definition) is 0. The maximum atomic E-state index is 13.6. The first kappa shape index (κ1) is 21.4. The summed E-state index contributed by atoms with van der Waals surface area (Å²) in [6, 6.07) is 25.1. The van der Waals surface area contributed by atoms with Gasteiger partial charge in [0.05, 0.1) is 25.3 Å². The molecule has 0 spiro atoms. The first-order valence-electron chi connectivity index (χ1n) is 10.5. The zero-order chi connectivity index (χ0) is 21.2. The minimum Gasteiger partial charge on any atom is -0.494 e. The Morgan fingerprint density at radius 3 is 2.23 bits per heavy atom. The second-order valence-electron chi connectivity index (χ2n) is 7.00. The number of para-hydroxylation sites is 1. The summed E-state index contributed by atoms with van der Waals surface area (Å²) in [5.74, 6) is 1.33. The van der Waals surface area contributed by atoms with Crippen molar-refractivity contribution in [2.45, 2.75) is 33.2 Å². The zero-order valence-electron chi connectivity index (χ0n) is 17.7. The van der Waals surface area contributed by atoms with E-state index in [1.807, 2.05) is 85.8 Å². The average Bonchev–Trinajstić information content (AvgIpc) is 2.79. The van der Waals surface area contributed by atoms with Gasteiger partial charge in [0, 0.05) is 5.69 Å². The lowest BCUT2D eigenvalue weighted by atomic mass is 10.1. The van der Waals surface area contributed by atoms with Gasteiger partial charge in [-0.2, -0.15) is 0 Å². The highest BCUT2D eigenvalue weighted by atomic mass is 16.5. The molecule has 156 valence electrons. The lowest BCUT2D eigenvalue weighted by molar-refractivity contribution is 0.0981. The number of amides is 1. The van der Waals surface area contributed by atoms with Gasteiger partial charge in [-0.15, -0.1) is 0 Å². The molecule has 0 aliphatic carbocycles. The van der Waals surface area contributed by atoms with Crippen LogP contribution >= 0.6 is 0 Å². The fourth-order valence-corrected chi connectivity index (χ4v) is 3.18. The SMILES string of the molecule is CCCCOc1ccccc1C(=O)N(Cc1ccccc1)c1ccc(OCC)cc1. The number of unbranched alkanes of at least 4 members (excludes halogenated alkanes) is 1. The summed E-state index contributed by atoms with van der Waals surface area (Å²) in [7, 11) is 0. The molecule has 1 amide bonds. The van der Waals surface area contributed by atoms with Gasteiger partial charge in [0.1, 0.15) is 11.5 Å². The monoisotopic (exact) mass is 403 g/mol. The molecule has 0 unspecified atom stereocenters. The summed E-state index contributed by atoms with van der Waals surface area (Å²) < 4.78 is 11.5. The molecule has 0 fully saturated rings. The Kier molecular flexibility index (Phi) is 7.90. The molecule has 0 aliphatic heterocycles. The first-order valence-corrected chi connectivity index (χ1v) is 10.5. The van der Waals surface area contributed by atoms with Gasteiger partial charge in [-0.1, -0.05) is 55.8 Å². The van der Waals surface area contributed by atoms with Crippen LogP contribution in [-0.4, -0.2) is 19.1 Å². The largest absolute Gasteiger partial charge is 0.494 e. The van der Waals surface area contributed by atoms with Gasteiger partial charge < -0.3 is 14.4 Å². The minimum absolute atomic E-state index is 0.0879. The molecule has 0 heterocycles. The fraction of sp³-hybridized carbons (Fsp3) is 0.269. The third-order valence-electron chi connectivity index (χ3n) is 4.76. The second kappa shape index (κ2) is 11.1. The van der Waals surface area contributed by atoms with Crippen LogP contribution in [-0.2, 0) is 6.54 Å². The molecule has 3 rings (SSSR count). The van der Waals surface area contributed by atoms with E-state index in [0.717, 1.165) is 29.8 Å². The number of anilines is 1. The van der Waals surface area contributed by atoms with Gasteiger partial charge in [0.25, 0.3) is 5.91 Å². The molecule has 0 radical (unpaired) electrons. The number of nitrogens with zero attached hydrogens (tertiary/aromatic N) is 1. The molecule has 4 heteroatoms. The summed E-state index contributed by atoms with van der Waals surface area (Å²) in [6.45, 7) is 5.75. The average molecular weight is 404 g/mol. The van der Waals surface area contributed by atoms with Crippen LogP contribution in [0.2, 0.25) is 0 Å². The Morgan fingerprint density at radius 2 is 1.53 bits per heavy atom. The Labute approximate surface area is 179 Å². The van der Waals surface area contributed by atoms with Gasteiger partial charge >= 0.3 is 0 Å². The summed E-state index contributed by atoms with van der Waals surface area (Å²) in [4.78, 5) is 15.4. The molecule has 0 saturated heterocycles. The van der Waals surface area contributed by atoms with Crippen LogP contribution < -0.4 is 14.4 Å². The molecular formula is C26H29NO3. The van der Waals surface area contributed by atoms with Crippen molar-refractivity contribution < 1.29 is 14.3 Å². The molecule has 0 aliphatic rings. The number of hydrogen-bond acceptors (Lipinski definition) is 3. The minimum atomic E-state index is -0.0879. The predicted molar refractivity (Wildman–Crippen MR) is 121 cm³/mol. The molecule has 0 atom stereocenters. The molecule has 0 aromatic heterocycles. The zero-order valence-corrected chi connectivity index (χ0v) is 17.7. The van der Waals surface area contributed by atoms with Crippen LogP contribution in [0.4, 0.5) is 5.69 Å². The number of carbonyl (C=O) groups excluding carboxylic acids is 1. The van der Waals surface area contributed by atoms with E-state index in [-0.39, 0.29) is 5.91 Å². The van der Waals surface area contributed by atoms with E-state index < -0.39 is 0 Å². The first-order chi connectivity index (χ1) is 14.7. The van der Waals surface area contributed by atoms with Crippen LogP contribution in [0.1, 0.15) is 42.6 Å². The van der Waals surface area contributed by atoms with E-state index >= 15 is 0 Å². The lowest BCUT2D eigenvalue weighted by Crippen LogP contribution is -2.30. The van der Waals surface area contributed by atoms with Crippen molar-refractivity contribution in [3.8, 4) is 11.5 Å². The molecule has 0 bridgehead atoms. The Balaban J connectivity index is 1.92. The van der Waals surface area contributed by atoms with Crippen molar-refractivity contribution in [3.63, 3.8) is 0 Å². The normalized spacial score (nSPS) is 10.5. The van der Waals surface area contributed by atoms with Gasteiger partial charge in [-0.25, -0.2) is 0 Å². The quantitative estimate of drug-likeness (QED) is 0.383. The van der Waals surface area contributed by atoms with Gasteiger partial charge in [0.2, 0.25) is 0 Å².